The number of rotatable bonds is 4. The molecular formula is C48H29NO2. The monoisotopic (exact) mass is 651 g/mol. The lowest BCUT2D eigenvalue weighted by Crippen LogP contribution is -2.10. The van der Waals surface area contributed by atoms with E-state index in [1.54, 1.807) is 0 Å². The number of para-hydroxylation sites is 3. The van der Waals surface area contributed by atoms with Gasteiger partial charge in [0.15, 0.2) is 5.58 Å². The minimum atomic E-state index is 0.848. The molecule has 0 N–H and O–H groups in total. The van der Waals surface area contributed by atoms with Crippen molar-refractivity contribution in [3.8, 4) is 11.1 Å². The molecule has 0 aliphatic rings. The smallest absolute Gasteiger partial charge is 0.159 e. The molecule has 11 rings (SSSR count). The highest BCUT2D eigenvalue weighted by Gasteiger charge is 2.21. The van der Waals surface area contributed by atoms with Gasteiger partial charge in [0.25, 0.3) is 0 Å². The Bertz CT molecular complexity index is 3140. The minimum absolute atomic E-state index is 0.848. The van der Waals surface area contributed by atoms with Crippen LogP contribution >= 0.6 is 0 Å². The van der Waals surface area contributed by atoms with Gasteiger partial charge in [-0.25, -0.2) is 0 Å². The predicted octanol–water partition coefficient (Wildman–Crippen LogP) is 14.1. The molecule has 0 spiro atoms. The maximum atomic E-state index is 6.58. The van der Waals surface area contributed by atoms with E-state index in [1.165, 1.54) is 37.9 Å². The molecule has 0 unspecified atom stereocenters. The van der Waals surface area contributed by atoms with Crippen molar-refractivity contribution in [2.45, 2.75) is 0 Å². The van der Waals surface area contributed by atoms with E-state index in [4.69, 9.17) is 8.83 Å². The van der Waals surface area contributed by atoms with E-state index in [0.717, 1.165) is 66.5 Å². The maximum Gasteiger partial charge on any atom is 0.159 e. The molecule has 51 heavy (non-hydrogen) atoms. The van der Waals surface area contributed by atoms with Crippen LogP contribution in [0.2, 0.25) is 0 Å². The lowest BCUT2D eigenvalue weighted by Gasteiger charge is -2.25. The number of anilines is 3. The molecule has 0 aliphatic heterocycles. The molecule has 0 saturated carbocycles. The average molecular weight is 652 g/mol. The molecule has 2 heterocycles. The van der Waals surface area contributed by atoms with Crippen LogP contribution < -0.4 is 4.90 Å². The van der Waals surface area contributed by atoms with E-state index in [9.17, 15) is 0 Å². The zero-order chi connectivity index (χ0) is 33.5. The van der Waals surface area contributed by atoms with Crippen LogP contribution in [0.4, 0.5) is 17.1 Å². The van der Waals surface area contributed by atoms with Crippen LogP contribution in [-0.2, 0) is 0 Å². The zero-order valence-electron chi connectivity index (χ0n) is 27.5. The molecule has 9 aromatic carbocycles. The Kier molecular flexibility index (Phi) is 5.96. The molecule has 0 atom stereocenters. The first-order valence-electron chi connectivity index (χ1n) is 17.3. The van der Waals surface area contributed by atoms with Crippen LogP contribution in [0.15, 0.2) is 185 Å². The van der Waals surface area contributed by atoms with E-state index >= 15 is 0 Å². The molecule has 3 heteroatoms. The first kappa shape index (κ1) is 28.0. The molecule has 0 fully saturated rings. The third-order valence-corrected chi connectivity index (χ3v) is 10.4. The van der Waals surface area contributed by atoms with Crippen molar-refractivity contribution in [2.75, 3.05) is 4.90 Å². The van der Waals surface area contributed by atoms with E-state index < -0.39 is 0 Å². The van der Waals surface area contributed by atoms with Crippen molar-refractivity contribution >= 4 is 93.3 Å². The molecule has 0 saturated heterocycles. The fraction of sp³-hybridized carbons (Fsp3) is 0. The van der Waals surface area contributed by atoms with E-state index in [2.05, 4.69) is 157 Å². The van der Waals surface area contributed by atoms with Crippen LogP contribution in [-0.4, -0.2) is 0 Å². The summed E-state index contributed by atoms with van der Waals surface area (Å²) in [5.41, 5.74) is 8.79. The van der Waals surface area contributed by atoms with Gasteiger partial charge in [0.1, 0.15) is 16.7 Å². The van der Waals surface area contributed by atoms with Gasteiger partial charge in [-0.1, -0.05) is 121 Å². The van der Waals surface area contributed by atoms with Crippen LogP contribution in [0.25, 0.3) is 87.3 Å². The summed E-state index contributed by atoms with van der Waals surface area (Å²) in [6, 6.07) is 62.6. The van der Waals surface area contributed by atoms with Gasteiger partial charge in [0, 0.05) is 33.3 Å². The molecule has 238 valence electrons. The quantitative estimate of drug-likeness (QED) is 0.177. The van der Waals surface area contributed by atoms with Crippen molar-refractivity contribution in [3.63, 3.8) is 0 Å². The maximum absolute atomic E-state index is 6.58. The summed E-state index contributed by atoms with van der Waals surface area (Å²) in [4.78, 5) is 2.28. The summed E-state index contributed by atoms with van der Waals surface area (Å²) >= 11 is 0. The van der Waals surface area contributed by atoms with Crippen LogP contribution in [0.3, 0.4) is 0 Å². The van der Waals surface area contributed by atoms with Crippen molar-refractivity contribution in [1.29, 1.82) is 0 Å². The second-order valence-electron chi connectivity index (χ2n) is 13.3. The lowest BCUT2D eigenvalue weighted by atomic mass is 9.94. The topological polar surface area (TPSA) is 29.5 Å². The number of fused-ring (bicyclic) bond motifs is 11. The summed E-state index contributed by atoms with van der Waals surface area (Å²) in [5.74, 6) is 0. The number of furan rings is 2. The molecule has 2 aromatic heterocycles. The molecule has 0 amide bonds. The third kappa shape index (κ3) is 4.32. The lowest BCUT2D eigenvalue weighted by molar-refractivity contribution is 0.667. The number of nitrogens with zero attached hydrogens (tertiary/aromatic N) is 1. The van der Waals surface area contributed by atoms with Crippen molar-refractivity contribution < 1.29 is 8.83 Å². The fourth-order valence-electron chi connectivity index (χ4n) is 8.00. The van der Waals surface area contributed by atoms with Crippen LogP contribution in [0.5, 0.6) is 0 Å². The number of hydrogen-bond acceptors (Lipinski definition) is 3. The summed E-state index contributed by atoms with van der Waals surface area (Å²) in [6.45, 7) is 0. The highest BCUT2D eigenvalue weighted by Crippen LogP contribution is 2.44. The van der Waals surface area contributed by atoms with Gasteiger partial charge < -0.3 is 13.7 Å². The van der Waals surface area contributed by atoms with E-state index in [-0.39, 0.29) is 0 Å². The average Bonchev–Trinajstić information content (AvgIpc) is 3.76. The van der Waals surface area contributed by atoms with Gasteiger partial charge in [-0.05, 0) is 92.0 Å². The fourth-order valence-corrected chi connectivity index (χ4v) is 8.00. The predicted molar refractivity (Wildman–Crippen MR) is 214 cm³/mol. The summed E-state index contributed by atoms with van der Waals surface area (Å²) in [6.07, 6.45) is 0. The van der Waals surface area contributed by atoms with Crippen LogP contribution in [0, 0.1) is 0 Å². The van der Waals surface area contributed by atoms with Crippen molar-refractivity contribution in [1.82, 2.24) is 0 Å². The first-order valence-corrected chi connectivity index (χ1v) is 17.3. The van der Waals surface area contributed by atoms with Gasteiger partial charge >= 0.3 is 0 Å². The third-order valence-electron chi connectivity index (χ3n) is 10.4. The molecule has 0 radical (unpaired) electrons. The van der Waals surface area contributed by atoms with Gasteiger partial charge in [0.05, 0.1) is 11.4 Å². The highest BCUT2D eigenvalue weighted by molar-refractivity contribution is 6.20. The van der Waals surface area contributed by atoms with Crippen molar-refractivity contribution in [3.05, 3.63) is 176 Å². The van der Waals surface area contributed by atoms with Crippen LogP contribution in [0.1, 0.15) is 0 Å². The van der Waals surface area contributed by atoms with Gasteiger partial charge in [0.2, 0.25) is 0 Å². The second-order valence-corrected chi connectivity index (χ2v) is 13.3. The normalized spacial score (nSPS) is 11.9. The molecule has 0 bridgehead atoms. The molecule has 0 aliphatic carbocycles. The molecule has 11 aromatic rings. The van der Waals surface area contributed by atoms with Gasteiger partial charge in [-0.3, -0.25) is 0 Å². The van der Waals surface area contributed by atoms with E-state index in [1.807, 2.05) is 24.3 Å². The summed E-state index contributed by atoms with van der Waals surface area (Å²) in [5, 5.41) is 12.0. The SMILES string of the molecule is c1ccc2c(c1)ccc1ccc3ccc(-c4ccc(N(c5ccc6c(c5)oc5ccccc56)c5cccc6c5oc5ccccc56)cc4)cc3c12. The van der Waals surface area contributed by atoms with Gasteiger partial charge in [-0.15, -0.1) is 0 Å². The van der Waals surface area contributed by atoms with Crippen molar-refractivity contribution in [2.24, 2.45) is 0 Å². The first-order chi connectivity index (χ1) is 25.3. The standard InChI is InChI=1S/C48H29NO2/c1-2-9-37-31(8-1)16-19-33-20-17-32-18-21-34(28-42(32)47(33)37)30-22-24-35(25-23-30)49(36-26-27-40-38-10-3-5-14-44(38)50-46(40)29-36)43-13-7-12-41-39-11-4-6-15-45(39)51-48(41)43/h1-29H. The minimum Gasteiger partial charge on any atom is -0.456 e. The summed E-state index contributed by atoms with van der Waals surface area (Å²) < 4.78 is 12.9. The number of benzene rings is 9. The Labute approximate surface area is 293 Å². The Balaban J connectivity index is 1.08. The summed E-state index contributed by atoms with van der Waals surface area (Å²) in [7, 11) is 0. The molecule has 3 nitrogen and oxygen atoms in total. The zero-order valence-corrected chi connectivity index (χ0v) is 27.5. The Morgan fingerprint density at radius 1 is 0.333 bits per heavy atom. The number of hydrogen-bond donors (Lipinski definition) is 0. The largest absolute Gasteiger partial charge is 0.456 e. The van der Waals surface area contributed by atoms with Gasteiger partial charge in [-0.2, -0.15) is 0 Å². The second kappa shape index (κ2) is 10.8. The highest BCUT2D eigenvalue weighted by atomic mass is 16.3. The Morgan fingerprint density at radius 3 is 1.75 bits per heavy atom. The Hall–Kier alpha value is -6.84. The molecular weight excluding hydrogens is 623 g/mol. The Morgan fingerprint density at radius 2 is 0.922 bits per heavy atom. The van der Waals surface area contributed by atoms with E-state index in [0.29, 0.717) is 0 Å².